The summed E-state index contributed by atoms with van der Waals surface area (Å²) in [5.74, 6) is -1.53. The Kier molecular flexibility index (Phi) is 10.5. The van der Waals surface area contributed by atoms with Crippen molar-refractivity contribution in [3.8, 4) is 0 Å². The number of ether oxygens (including phenoxy) is 2. The van der Waals surface area contributed by atoms with Crippen LogP contribution in [0.5, 0.6) is 0 Å². The fourth-order valence-electron chi connectivity index (χ4n) is 5.05. The zero-order chi connectivity index (χ0) is 32.8. The Morgan fingerprint density at radius 2 is 1.80 bits per heavy atom. The first-order chi connectivity index (χ1) is 21.3. The number of sulfonamides is 1. The van der Waals surface area contributed by atoms with Gasteiger partial charge < -0.3 is 14.6 Å². The van der Waals surface area contributed by atoms with E-state index in [1.54, 1.807) is 61.1 Å². The van der Waals surface area contributed by atoms with E-state index in [-0.39, 0.29) is 23.6 Å². The van der Waals surface area contributed by atoms with E-state index in [9.17, 15) is 23.1 Å². The Labute approximate surface area is 263 Å². The van der Waals surface area contributed by atoms with Gasteiger partial charge in [-0.3, -0.25) is 9.48 Å². The molecule has 0 unspecified atom stereocenters. The van der Waals surface area contributed by atoms with Gasteiger partial charge in [-0.25, -0.2) is 17.9 Å². The molecule has 4 rings (SSSR count). The standard InChI is InChI=1S/C33H38N4O7S/c1-6-37-20-28(35-36-37)21-44-30(33(3,4)32(40)43-5)25-15-14-22(2)27(18-25)17-24-11-7-8-13-29(24)45(41,42)34-19-23-10-9-12-26(16-23)31(38)39/h7-16,18,20,30,34H,6,17,19,21H2,1-5H3,(H,38,39)/t30-/m1/s1. The van der Waals surface area contributed by atoms with Crippen LogP contribution >= 0.6 is 0 Å². The van der Waals surface area contributed by atoms with Crippen LogP contribution in [0.2, 0.25) is 0 Å². The Hall–Kier alpha value is -4.39. The van der Waals surface area contributed by atoms with Gasteiger partial charge in [-0.15, -0.1) is 5.10 Å². The second kappa shape index (κ2) is 14.1. The topological polar surface area (TPSA) is 150 Å². The van der Waals surface area contributed by atoms with E-state index in [0.29, 0.717) is 29.8 Å². The number of hydrogen-bond acceptors (Lipinski definition) is 8. The second-order valence-corrected chi connectivity index (χ2v) is 13.0. The molecule has 1 heterocycles. The molecule has 0 aliphatic heterocycles. The van der Waals surface area contributed by atoms with Gasteiger partial charge in [0.25, 0.3) is 0 Å². The number of methoxy groups -OCH3 is 1. The van der Waals surface area contributed by atoms with Crippen molar-refractivity contribution in [1.29, 1.82) is 0 Å². The third kappa shape index (κ3) is 8.01. The molecule has 12 heteroatoms. The molecule has 0 fully saturated rings. The van der Waals surface area contributed by atoms with Crippen LogP contribution < -0.4 is 4.72 Å². The molecule has 0 aliphatic carbocycles. The predicted octanol–water partition coefficient (Wildman–Crippen LogP) is 4.83. The summed E-state index contributed by atoms with van der Waals surface area (Å²) in [6.07, 6.45) is 1.37. The van der Waals surface area contributed by atoms with Crippen LogP contribution in [0, 0.1) is 12.3 Å². The summed E-state index contributed by atoms with van der Waals surface area (Å²) < 4.78 is 42.7. The molecule has 0 spiro atoms. The van der Waals surface area contributed by atoms with Crippen molar-refractivity contribution in [2.75, 3.05) is 7.11 Å². The number of esters is 1. The predicted molar refractivity (Wildman–Crippen MR) is 167 cm³/mol. The molecule has 0 bridgehead atoms. The molecule has 0 radical (unpaired) electrons. The number of aromatic nitrogens is 3. The first-order valence-electron chi connectivity index (χ1n) is 14.4. The largest absolute Gasteiger partial charge is 0.478 e. The number of nitrogens with one attached hydrogen (secondary N) is 1. The van der Waals surface area contributed by atoms with Crippen LogP contribution in [0.15, 0.2) is 77.8 Å². The molecule has 0 amide bonds. The fraction of sp³-hybridized carbons (Fsp3) is 0.333. The Morgan fingerprint density at radius 1 is 1.04 bits per heavy atom. The SMILES string of the molecule is CCn1cc(CO[C@H](c2ccc(C)c(Cc3ccccc3S(=O)(=O)NCc3cccc(C(=O)O)c3)c2)C(C)(C)C(=O)OC)nn1. The summed E-state index contributed by atoms with van der Waals surface area (Å²) >= 11 is 0. The van der Waals surface area contributed by atoms with Crippen LogP contribution in [-0.4, -0.2) is 47.6 Å². The molecule has 4 aromatic rings. The average Bonchev–Trinajstić information content (AvgIpc) is 3.49. The highest BCUT2D eigenvalue weighted by molar-refractivity contribution is 7.89. The number of carbonyl (C=O) groups excluding carboxylic acids is 1. The van der Waals surface area contributed by atoms with Crippen molar-refractivity contribution in [2.24, 2.45) is 5.41 Å². The second-order valence-electron chi connectivity index (χ2n) is 11.3. The van der Waals surface area contributed by atoms with E-state index in [4.69, 9.17) is 9.47 Å². The van der Waals surface area contributed by atoms with Crippen LogP contribution in [0.25, 0.3) is 0 Å². The number of hydrogen-bond donors (Lipinski definition) is 2. The van der Waals surface area contributed by atoms with Gasteiger partial charge in [0, 0.05) is 13.1 Å². The van der Waals surface area contributed by atoms with E-state index < -0.39 is 33.5 Å². The number of rotatable bonds is 14. The minimum atomic E-state index is -3.96. The smallest absolute Gasteiger partial charge is 0.335 e. The zero-order valence-electron chi connectivity index (χ0n) is 26.0. The van der Waals surface area contributed by atoms with E-state index >= 15 is 0 Å². The van der Waals surface area contributed by atoms with Gasteiger partial charge >= 0.3 is 11.9 Å². The van der Waals surface area contributed by atoms with Gasteiger partial charge in [-0.05, 0) is 80.1 Å². The quantitative estimate of drug-likeness (QED) is 0.186. The highest BCUT2D eigenvalue weighted by Crippen LogP contribution is 2.39. The zero-order valence-corrected chi connectivity index (χ0v) is 26.8. The van der Waals surface area contributed by atoms with Gasteiger partial charge in [-0.2, -0.15) is 0 Å². The number of aryl methyl sites for hydroxylation is 2. The maximum Gasteiger partial charge on any atom is 0.335 e. The number of nitrogens with zero attached hydrogens (tertiary/aromatic N) is 3. The van der Waals surface area contributed by atoms with Crippen molar-refractivity contribution in [3.63, 3.8) is 0 Å². The lowest BCUT2D eigenvalue weighted by atomic mass is 9.81. The molecule has 1 aromatic heterocycles. The summed E-state index contributed by atoms with van der Waals surface area (Å²) in [6.45, 7) is 8.12. The van der Waals surface area contributed by atoms with E-state index in [2.05, 4.69) is 15.0 Å². The summed E-state index contributed by atoms with van der Waals surface area (Å²) in [6, 6.07) is 18.6. The normalized spacial score (nSPS) is 12.6. The van der Waals surface area contributed by atoms with Gasteiger partial charge in [0.1, 0.15) is 5.69 Å². The number of carbonyl (C=O) groups is 2. The minimum Gasteiger partial charge on any atom is -0.478 e. The first kappa shape index (κ1) is 33.5. The number of benzene rings is 3. The van der Waals surface area contributed by atoms with Crippen molar-refractivity contribution in [1.82, 2.24) is 19.7 Å². The molecule has 0 saturated heterocycles. The van der Waals surface area contributed by atoms with Crippen molar-refractivity contribution in [2.45, 2.75) is 64.8 Å². The first-order valence-corrected chi connectivity index (χ1v) is 15.9. The van der Waals surface area contributed by atoms with Crippen LogP contribution in [0.4, 0.5) is 0 Å². The maximum atomic E-state index is 13.5. The van der Waals surface area contributed by atoms with Gasteiger partial charge in [-0.1, -0.05) is 53.7 Å². The molecule has 238 valence electrons. The van der Waals surface area contributed by atoms with Crippen LogP contribution in [0.1, 0.15) is 70.7 Å². The van der Waals surface area contributed by atoms with Crippen molar-refractivity contribution in [3.05, 3.63) is 112 Å². The fourth-order valence-corrected chi connectivity index (χ4v) is 6.31. The number of carboxylic acids is 1. The molecular formula is C33H38N4O7S. The molecule has 1 atom stereocenters. The molecule has 2 N–H and O–H groups in total. The van der Waals surface area contributed by atoms with Crippen LogP contribution in [-0.2, 0) is 50.4 Å². The summed E-state index contributed by atoms with van der Waals surface area (Å²) in [4.78, 5) is 24.3. The highest BCUT2D eigenvalue weighted by Gasteiger charge is 2.40. The van der Waals surface area contributed by atoms with E-state index in [1.165, 1.54) is 19.2 Å². The Balaban J connectivity index is 1.62. The molecule has 0 saturated carbocycles. The monoisotopic (exact) mass is 634 g/mol. The summed E-state index contributed by atoms with van der Waals surface area (Å²) in [7, 11) is -2.62. The Morgan fingerprint density at radius 3 is 2.49 bits per heavy atom. The summed E-state index contributed by atoms with van der Waals surface area (Å²) in [5.41, 5.74) is 3.25. The molecule has 45 heavy (non-hydrogen) atoms. The van der Waals surface area contributed by atoms with E-state index in [0.717, 1.165) is 16.7 Å². The lowest BCUT2D eigenvalue weighted by molar-refractivity contribution is -0.162. The Bertz CT molecular complexity index is 1780. The van der Waals surface area contributed by atoms with Crippen molar-refractivity contribution >= 4 is 22.0 Å². The molecular weight excluding hydrogens is 596 g/mol. The van der Waals surface area contributed by atoms with Gasteiger partial charge in [0.2, 0.25) is 10.0 Å². The lowest BCUT2D eigenvalue weighted by Crippen LogP contribution is -2.34. The van der Waals surface area contributed by atoms with Gasteiger partial charge in [0.05, 0.1) is 41.9 Å². The van der Waals surface area contributed by atoms with Gasteiger partial charge in [0.15, 0.2) is 0 Å². The third-order valence-corrected chi connectivity index (χ3v) is 9.14. The molecule has 0 aliphatic rings. The molecule has 3 aromatic carbocycles. The lowest BCUT2D eigenvalue weighted by Gasteiger charge is -2.32. The van der Waals surface area contributed by atoms with Crippen LogP contribution in [0.3, 0.4) is 0 Å². The maximum absolute atomic E-state index is 13.5. The molecule has 11 nitrogen and oxygen atoms in total. The third-order valence-electron chi connectivity index (χ3n) is 7.63. The highest BCUT2D eigenvalue weighted by atomic mass is 32.2. The number of carboxylic acid groups (broad SMARTS) is 1. The minimum absolute atomic E-state index is 0.0695. The average molecular weight is 635 g/mol. The summed E-state index contributed by atoms with van der Waals surface area (Å²) in [5, 5.41) is 17.5. The number of aromatic carboxylic acids is 1. The van der Waals surface area contributed by atoms with Crippen molar-refractivity contribution < 1.29 is 32.6 Å². The van der Waals surface area contributed by atoms with E-state index in [1.807, 2.05) is 32.0 Å².